The summed E-state index contributed by atoms with van der Waals surface area (Å²) in [4.78, 5) is 29.4. The maximum absolute atomic E-state index is 13.0. The molecular formula is C37H57NO7SSi. The molecule has 4 rings (SSSR count). The minimum absolute atomic E-state index is 0.0242. The molecule has 1 N–H and O–H groups in total. The van der Waals surface area contributed by atoms with Crippen molar-refractivity contribution in [2.45, 2.75) is 148 Å². The quantitative estimate of drug-likeness (QED) is 0.107. The van der Waals surface area contributed by atoms with Crippen molar-refractivity contribution in [3.63, 3.8) is 0 Å². The van der Waals surface area contributed by atoms with E-state index >= 15 is 0 Å². The summed E-state index contributed by atoms with van der Waals surface area (Å²) in [5.74, 6) is -1.03. The third-order valence-electron chi connectivity index (χ3n) is 9.85. The lowest BCUT2D eigenvalue weighted by molar-refractivity contribution is -0.151. The van der Waals surface area contributed by atoms with Crippen LogP contribution in [0.1, 0.15) is 119 Å². The van der Waals surface area contributed by atoms with Crippen LogP contribution in [-0.4, -0.2) is 62.6 Å². The number of hydrogen-bond donors (Lipinski definition) is 1. The van der Waals surface area contributed by atoms with Crippen LogP contribution in [0.2, 0.25) is 18.1 Å². The lowest BCUT2D eigenvalue weighted by atomic mass is 10.0. The third-order valence-corrected chi connectivity index (χ3v) is 15.5. The summed E-state index contributed by atoms with van der Waals surface area (Å²) in [6.45, 7) is 17.1. The number of aryl methyl sites for hydroxylation is 1. The fraction of sp³-hybridized carbons (Fsp3) is 0.676. The molecule has 1 unspecified atom stereocenters. The number of amides is 1. The molecule has 262 valence electrons. The first-order chi connectivity index (χ1) is 22.1. The molecule has 2 aliphatic rings. The topological polar surface area (TPSA) is 94.5 Å². The van der Waals surface area contributed by atoms with Crippen molar-refractivity contribution >= 4 is 37.2 Å². The minimum Gasteiger partial charge on any atom is -0.459 e. The number of esters is 1. The van der Waals surface area contributed by atoms with Crippen LogP contribution in [0.15, 0.2) is 36.4 Å². The van der Waals surface area contributed by atoms with E-state index in [1.807, 2.05) is 11.0 Å². The van der Waals surface area contributed by atoms with Crippen LogP contribution in [0.5, 0.6) is 0 Å². The molecule has 10 heteroatoms. The Morgan fingerprint density at radius 2 is 1.79 bits per heavy atom. The molecule has 2 aliphatic heterocycles. The zero-order valence-corrected chi connectivity index (χ0v) is 31.6. The first-order valence-corrected chi connectivity index (χ1v) is 21.2. The number of benzene rings is 1. The van der Waals surface area contributed by atoms with Gasteiger partial charge in [-0.3, -0.25) is 4.79 Å². The van der Waals surface area contributed by atoms with E-state index in [0.29, 0.717) is 11.3 Å². The lowest BCUT2D eigenvalue weighted by Gasteiger charge is -2.39. The molecule has 2 aromatic rings. The van der Waals surface area contributed by atoms with Crippen LogP contribution >= 0.6 is 11.3 Å². The van der Waals surface area contributed by atoms with Gasteiger partial charge in [-0.15, -0.1) is 11.3 Å². The van der Waals surface area contributed by atoms with Gasteiger partial charge in [0.2, 0.25) is 5.91 Å². The van der Waals surface area contributed by atoms with Crippen LogP contribution in [0.4, 0.5) is 5.69 Å². The molecule has 2 saturated heterocycles. The lowest BCUT2D eigenvalue weighted by Crippen LogP contribution is -2.41. The van der Waals surface area contributed by atoms with Crippen molar-refractivity contribution in [2.75, 3.05) is 18.1 Å². The summed E-state index contributed by atoms with van der Waals surface area (Å²) < 4.78 is 23.8. The summed E-state index contributed by atoms with van der Waals surface area (Å²) in [7, 11) is -1.95. The van der Waals surface area contributed by atoms with E-state index in [1.54, 1.807) is 19.9 Å². The van der Waals surface area contributed by atoms with Gasteiger partial charge in [0.15, 0.2) is 14.1 Å². The van der Waals surface area contributed by atoms with Crippen LogP contribution in [0.3, 0.4) is 0 Å². The number of hydrogen-bond acceptors (Lipinski definition) is 8. The maximum atomic E-state index is 13.0. The monoisotopic (exact) mass is 687 g/mol. The van der Waals surface area contributed by atoms with E-state index in [0.717, 1.165) is 49.1 Å². The van der Waals surface area contributed by atoms with Gasteiger partial charge < -0.3 is 28.6 Å². The van der Waals surface area contributed by atoms with Gasteiger partial charge >= 0.3 is 5.97 Å². The zero-order valence-electron chi connectivity index (χ0n) is 29.8. The Hall–Kier alpha value is -2.08. The zero-order chi connectivity index (χ0) is 34.4. The predicted molar refractivity (Wildman–Crippen MR) is 191 cm³/mol. The molecule has 0 bridgehead atoms. The van der Waals surface area contributed by atoms with Gasteiger partial charge in [0.25, 0.3) is 0 Å². The van der Waals surface area contributed by atoms with Crippen molar-refractivity contribution in [3.05, 3.63) is 51.7 Å². The molecule has 47 heavy (non-hydrogen) atoms. The van der Waals surface area contributed by atoms with Gasteiger partial charge in [0.1, 0.15) is 23.7 Å². The van der Waals surface area contributed by atoms with E-state index in [9.17, 15) is 14.7 Å². The van der Waals surface area contributed by atoms with E-state index < -0.39 is 32.3 Å². The molecule has 0 radical (unpaired) electrons. The Bertz CT molecular complexity index is 1320. The number of carbonyl (C=O) groups excluding carboxylic acids is 2. The van der Waals surface area contributed by atoms with Crippen molar-refractivity contribution in [2.24, 2.45) is 0 Å². The van der Waals surface area contributed by atoms with Crippen molar-refractivity contribution in [1.82, 2.24) is 0 Å². The number of aliphatic hydroxyl groups is 1. The smallest absolute Gasteiger partial charge is 0.348 e. The average Bonchev–Trinajstić information content (AvgIpc) is 3.71. The summed E-state index contributed by atoms with van der Waals surface area (Å²) in [6, 6.07) is 12.5. The highest BCUT2D eigenvalue weighted by Gasteiger charge is 2.42. The summed E-state index contributed by atoms with van der Waals surface area (Å²) in [5.41, 5.74) is 2.16. The van der Waals surface area contributed by atoms with Gasteiger partial charge in [0, 0.05) is 23.0 Å². The molecule has 1 aromatic carbocycles. The number of anilines is 1. The fourth-order valence-electron chi connectivity index (χ4n) is 6.19. The van der Waals surface area contributed by atoms with Crippen molar-refractivity contribution in [3.8, 4) is 0 Å². The van der Waals surface area contributed by atoms with Crippen LogP contribution in [0.25, 0.3) is 0 Å². The summed E-state index contributed by atoms with van der Waals surface area (Å²) in [5, 5.41) is 9.70. The highest BCUT2D eigenvalue weighted by atomic mass is 32.1. The Kier molecular flexibility index (Phi) is 12.9. The van der Waals surface area contributed by atoms with Crippen LogP contribution in [0, 0.1) is 0 Å². The largest absolute Gasteiger partial charge is 0.459 e. The highest BCUT2D eigenvalue weighted by Crippen LogP contribution is 2.41. The van der Waals surface area contributed by atoms with E-state index in [4.69, 9.17) is 18.6 Å². The van der Waals surface area contributed by atoms with Crippen molar-refractivity contribution in [1.29, 1.82) is 0 Å². The predicted octanol–water partition coefficient (Wildman–Crippen LogP) is 8.58. The second kappa shape index (κ2) is 16.1. The normalized spacial score (nSPS) is 22.2. The fourth-order valence-corrected chi connectivity index (χ4v) is 8.46. The molecule has 1 aromatic heterocycles. The standard InChI is InChI=1S/C37H57NO7SSi/c1-9-10-11-15-30(45-47(7,8)36(2,3)4)26-16-18-28(19-17-26)38-27(20-23-34(38)40)13-12-14-29-21-22-33(46-29)35(41)42-25-32-31(24-39)43-37(5,6)44-32/h16-19,21-22,27,30-32,39H,9-15,20,23-25H2,1-8H3/t27-,30?,31-,32-/m0/s1. The SMILES string of the molecule is CCCCCC(O[Si](C)(C)C(C)(C)C)c1ccc(N2C(=O)CC[C@@H]2CCCc2ccc(C(=O)OC[C@@H]3OC(C)(C)O[C@H]3CO)s2)cc1. The summed E-state index contributed by atoms with van der Waals surface area (Å²) >= 11 is 1.44. The van der Waals surface area contributed by atoms with Gasteiger partial charge in [-0.2, -0.15) is 0 Å². The third kappa shape index (κ3) is 9.98. The molecule has 3 heterocycles. The Morgan fingerprint density at radius 3 is 2.45 bits per heavy atom. The van der Waals surface area contributed by atoms with E-state index in [2.05, 4.69) is 65.1 Å². The maximum Gasteiger partial charge on any atom is 0.348 e. The molecule has 0 aliphatic carbocycles. The van der Waals surface area contributed by atoms with Gasteiger partial charge in [-0.05, 0) is 93.9 Å². The molecule has 8 nitrogen and oxygen atoms in total. The first-order valence-electron chi connectivity index (χ1n) is 17.5. The molecule has 0 spiro atoms. The Labute approximate surface area is 287 Å². The number of rotatable bonds is 16. The number of aliphatic hydroxyl groups excluding tert-OH is 1. The Balaban J connectivity index is 1.32. The van der Waals surface area contributed by atoms with Crippen molar-refractivity contribution < 1.29 is 33.3 Å². The second-order valence-electron chi connectivity index (χ2n) is 15.1. The van der Waals surface area contributed by atoms with E-state index in [1.165, 1.54) is 29.7 Å². The van der Waals surface area contributed by atoms with Gasteiger partial charge in [-0.1, -0.05) is 59.1 Å². The number of nitrogens with zero attached hydrogens (tertiary/aromatic N) is 1. The number of ether oxygens (including phenoxy) is 3. The highest BCUT2D eigenvalue weighted by molar-refractivity contribution is 7.13. The molecule has 4 atom stereocenters. The van der Waals surface area contributed by atoms with Gasteiger partial charge in [0.05, 0.1) is 12.7 Å². The minimum atomic E-state index is -1.95. The van der Waals surface area contributed by atoms with Gasteiger partial charge in [-0.25, -0.2) is 4.79 Å². The Morgan fingerprint density at radius 1 is 1.09 bits per heavy atom. The molecule has 1 amide bonds. The number of unbranched alkanes of at least 4 members (excludes halogenated alkanes) is 2. The first kappa shape index (κ1) is 37.7. The van der Waals surface area contributed by atoms with Crippen LogP contribution < -0.4 is 4.90 Å². The van der Waals surface area contributed by atoms with E-state index in [-0.39, 0.29) is 36.3 Å². The average molecular weight is 688 g/mol. The number of thiophene rings is 1. The molecule has 0 saturated carbocycles. The van der Waals surface area contributed by atoms with Crippen LogP contribution in [-0.2, 0) is 29.9 Å². The molecular weight excluding hydrogens is 631 g/mol. The number of carbonyl (C=O) groups is 2. The molecule has 2 fully saturated rings. The second-order valence-corrected chi connectivity index (χ2v) is 21.0. The summed E-state index contributed by atoms with van der Waals surface area (Å²) in [6.07, 6.45) is 7.66.